The number of unbranched alkanes of at least 4 members (excludes halogenated alkanes) is 1. The van der Waals surface area contributed by atoms with Crippen LogP contribution in [0.4, 0.5) is 4.79 Å². The van der Waals surface area contributed by atoms with E-state index in [9.17, 15) is 4.79 Å². The number of ether oxygens (including phenoxy) is 1. The molecule has 2 heterocycles. The number of carbonyl (C=O) groups is 1. The molecule has 2 rings (SSSR count). The zero-order chi connectivity index (χ0) is 14.8. The number of hydrogen-bond acceptors (Lipinski definition) is 3. The molecule has 1 aliphatic heterocycles. The normalized spacial score (nSPS) is 15.1. The van der Waals surface area contributed by atoms with Gasteiger partial charge in [0.15, 0.2) is 0 Å². The van der Waals surface area contributed by atoms with E-state index >= 15 is 0 Å². The molecular formula is C15H25N3O2. The lowest BCUT2D eigenvalue weighted by atomic mass is 10.0. The summed E-state index contributed by atoms with van der Waals surface area (Å²) in [5, 5.41) is 7.51. The Bertz CT molecular complexity index is 474. The van der Waals surface area contributed by atoms with Crippen molar-refractivity contribution in [1.29, 1.82) is 0 Å². The third-order valence-corrected chi connectivity index (χ3v) is 3.44. The van der Waals surface area contributed by atoms with E-state index in [1.807, 2.05) is 20.8 Å². The lowest BCUT2D eigenvalue weighted by molar-refractivity contribution is 0.0223. The first-order valence-corrected chi connectivity index (χ1v) is 7.43. The number of amides is 1. The topological polar surface area (TPSA) is 58.2 Å². The van der Waals surface area contributed by atoms with Gasteiger partial charge < -0.3 is 9.64 Å². The average Bonchev–Trinajstić information content (AvgIpc) is 2.76. The number of aromatic amines is 1. The maximum absolute atomic E-state index is 12.1. The standard InChI is InChI=1S/C15H25N3O2/c1-5-6-7-12-11-10-18(9-8-13(11)17-16-12)14(19)20-15(2,3)4/h5-10H2,1-4H3,(H,16,17). The van der Waals surface area contributed by atoms with Crippen molar-refractivity contribution in [2.24, 2.45) is 0 Å². The predicted octanol–water partition coefficient (Wildman–Crippen LogP) is 3.05. The van der Waals surface area contributed by atoms with Crippen molar-refractivity contribution in [3.05, 3.63) is 17.0 Å². The molecular weight excluding hydrogens is 254 g/mol. The number of fused-ring (bicyclic) bond motifs is 1. The number of aromatic nitrogens is 2. The van der Waals surface area contributed by atoms with E-state index in [1.54, 1.807) is 4.90 Å². The molecule has 0 fully saturated rings. The van der Waals surface area contributed by atoms with E-state index in [1.165, 1.54) is 11.3 Å². The molecule has 1 N–H and O–H groups in total. The van der Waals surface area contributed by atoms with Crippen LogP contribution in [0.25, 0.3) is 0 Å². The maximum atomic E-state index is 12.1. The molecule has 5 nitrogen and oxygen atoms in total. The highest BCUT2D eigenvalue weighted by Gasteiger charge is 2.28. The molecule has 0 spiro atoms. The van der Waals surface area contributed by atoms with Gasteiger partial charge in [-0.2, -0.15) is 5.10 Å². The fraction of sp³-hybridized carbons (Fsp3) is 0.733. The highest BCUT2D eigenvalue weighted by atomic mass is 16.6. The van der Waals surface area contributed by atoms with E-state index < -0.39 is 5.60 Å². The van der Waals surface area contributed by atoms with Crippen LogP contribution in [-0.2, 0) is 24.1 Å². The minimum absolute atomic E-state index is 0.231. The van der Waals surface area contributed by atoms with Crippen molar-refractivity contribution in [1.82, 2.24) is 15.1 Å². The van der Waals surface area contributed by atoms with Gasteiger partial charge in [-0.25, -0.2) is 4.79 Å². The zero-order valence-electron chi connectivity index (χ0n) is 13.0. The second-order valence-corrected chi connectivity index (χ2v) is 6.38. The smallest absolute Gasteiger partial charge is 0.410 e. The number of carbonyl (C=O) groups excluding carboxylic acids is 1. The maximum Gasteiger partial charge on any atom is 0.410 e. The van der Waals surface area contributed by atoms with E-state index in [4.69, 9.17) is 4.74 Å². The predicted molar refractivity (Wildman–Crippen MR) is 77.5 cm³/mol. The number of rotatable bonds is 3. The van der Waals surface area contributed by atoms with Gasteiger partial charge in [0.05, 0.1) is 12.2 Å². The summed E-state index contributed by atoms with van der Waals surface area (Å²) in [5.74, 6) is 0. The molecule has 0 bridgehead atoms. The van der Waals surface area contributed by atoms with Crippen LogP contribution >= 0.6 is 0 Å². The largest absolute Gasteiger partial charge is 0.444 e. The second kappa shape index (κ2) is 5.85. The van der Waals surface area contributed by atoms with Gasteiger partial charge in [0.1, 0.15) is 5.60 Å². The van der Waals surface area contributed by atoms with Gasteiger partial charge in [0.25, 0.3) is 0 Å². The number of H-pyrrole nitrogens is 1. The van der Waals surface area contributed by atoms with E-state index in [2.05, 4.69) is 17.1 Å². The Labute approximate surface area is 120 Å². The summed E-state index contributed by atoms with van der Waals surface area (Å²) in [6.07, 6.45) is 3.85. The van der Waals surface area contributed by atoms with Gasteiger partial charge >= 0.3 is 6.09 Å². The van der Waals surface area contributed by atoms with Gasteiger partial charge in [-0.15, -0.1) is 0 Å². The molecule has 5 heteroatoms. The molecule has 0 saturated heterocycles. The molecule has 0 unspecified atom stereocenters. The summed E-state index contributed by atoms with van der Waals surface area (Å²) in [5.41, 5.74) is 3.03. The highest BCUT2D eigenvalue weighted by Crippen LogP contribution is 2.23. The van der Waals surface area contributed by atoms with Crippen molar-refractivity contribution in [3.8, 4) is 0 Å². The first kappa shape index (κ1) is 14.9. The van der Waals surface area contributed by atoms with Crippen LogP contribution < -0.4 is 0 Å². The Balaban J connectivity index is 2.05. The molecule has 1 amide bonds. The third-order valence-electron chi connectivity index (χ3n) is 3.44. The van der Waals surface area contributed by atoms with Crippen LogP contribution in [0.5, 0.6) is 0 Å². The van der Waals surface area contributed by atoms with Crippen molar-refractivity contribution >= 4 is 6.09 Å². The van der Waals surface area contributed by atoms with Crippen molar-refractivity contribution in [2.45, 2.75) is 65.5 Å². The van der Waals surface area contributed by atoms with E-state index in [0.29, 0.717) is 13.1 Å². The van der Waals surface area contributed by atoms with Gasteiger partial charge in [-0.05, 0) is 33.6 Å². The zero-order valence-corrected chi connectivity index (χ0v) is 13.0. The Kier molecular flexibility index (Phi) is 4.35. The molecule has 1 aromatic rings. The first-order chi connectivity index (χ1) is 9.40. The molecule has 0 saturated carbocycles. The molecule has 0 atom stereocenters. The van der Waals surface area contributed by atoms with Gasteiger partial charge in [0, 0.05) is 24.2 Å². The molecule has 1 aromatic heterocycles. The molecule has 0 aromatic carbocycles. The fourth-order valence-electron chi connectivity index (χ4n) is 2.39. The SMILES string of the molecule is CCCCc1n[nH]c2c1CN(C(=O)OC(C)(C)C)CC2. The van der Waals surface area contributed by atoms with Crippen LogP contribution in [0.2, 0.25) is 0 Å². The lowest BCUT2D eigenvalue weighted by Gasteiger charge is -2.30. The Morgan fingerprint density at radius 3 is 2.85 bits per heavy atom. The summed E-state index contributed by atoms with van der Waals surface area (Å²) in [6.45, 7) is 9.16. The lowest BCUT2D eigenvalue weighted by Crippen LogP contribution is -2.40. The van der Waals surface area contributed by atoms with Gasteiger partial charge in [0.2, 0.25) is 0 Å². The van der Waals surface area contributed by atoms with Crippen LogP contribution in [-0.4, -0.2) is 33.3 Å². The number of nitrogens with one attached hydrogen (secondary N) is 1. The van der Waals surface area contributed by atoms with Crippen LogP contribution in [0.3, 0.4) is 0 Å². The minimum Gasteiger partial charge on any atom is -0.444 e. The van der Waals surface area contributed by atoms with Crippen molar-refractivity contribution in [2.75, 3.05) is 6.54 Å². The Hall–Kier alpha value is -1.52. The highest BCUT2D eigenvalue weighted by molar-refractivity contribution is 5.68. The Morgan fingerprint density at radius 2 is 2.20 bits per heavy atom. The number of hydrogen-bond donors (Lipinski definition) is 1. The molecule has 20 heavy (non-hydrogen) atoms. The van der Waals surface area contributed by atoms with Crippen LogP contribution in [0, 0.1) is 0 Å². The number of nitrogens with zero attached hydrogens (tertiary/aromatic N) is 2. The fourth-order valence-corrected chi connectivity index (χ4v) is 2.39. The molecule has 0 radical (unpaired) electrons. The van der Waals surface area contributed by atoms with Crippen LogP contribution in [0.1, 0.15) is 57.5 Å². The monoisotopic (exact) mass is 279 g/mol. The van der Waals surface area contributed by atoms with Gasteiger partial charge in [-0.1, -0.05) is 13.3 Å². The van der Waals surface area contributed by atoms with E-state index in [-0.39, 0.29) is 6.09 Å². The summed E-state index contributed by atoms with van der Waals surface area (Å²) >= 11 is 0. The summed E-state index contributed by atoms with van der Waals surface area (Å²) in [6, 6.07) is 0. The first-order valence-electron chi connectivity index (χ1n) is 7.43. The van der Waals surface area contributed by atoms with Crippen molar-refractivity contribution in [3.63, 3.8) is 0 Å². The Morgan fingerprint density at radius 1 is 1.45 bits per heavy atom. The van der Waals surface area contributed by atoms with E-state index in [0.717, 1.165) is 31.4 Å². The number of aryl methyl sites for hydroxylation is 1. The molecule has 1 aliphatic rings. The average molecular weight is 279 g/mol. The summed E-state index contributed by atoms with van der Waals surface area (Å²) < 4.78 is 5.45. The molecule has 0 aliphatic carbocycles. The van der Waals surface area contributed by atoms with Gasteiger partial charge in [-0.3, -0.25) is 5.10 Å². The third kappa shape index (κ3) is 3.52. The summed E-state index contributed by atoms with van der Waals surface area (Å²) in [7, 11) is 0. The van der Waals surface area contributed by atoms with Crippen molar-refractivity contribution < 1.29 is 9.53 Å². The molecule has 112 valence electrons. The minimum atomic E-state index is -0.446. The summed E-state index contributed by atoms with van der Waals surface area (Å²) in [4.78, 5) is 13.9. The van der Waals surface area contributed by atoms with Crippen LogP contribution in [0.15, 0.2) is 0 Å². The second-order valence-electron chi connectivity index (χ2n) is 6.38. The quantitative estimate of drug-likeness (QED) is 0.925.